The van der Waals surface area contributed by atoms with E-state index in [1.165, 1.54) is 29.8 Å². The highest BCUT2D eigenvalue weighted by atomic mass is 16.6. The molecule has 170 valence electrons. The molecule has 9 heteroatoms. The lowest BCUT2D eigenvalue weighted by atomic mass is 9.96. The highest BCUT2D eigenvalue weighted by molar-refractivity contribution is 5.96. The summed E-state index contributed by atoms with van der Waals surface area (Å²) in [5.41, 5.74) is 1.23. The summed E-state index contributed by atoms with van der Waals surface area (Å²) in [6.45, 7) is 3.23. The van der Waals surface area contributed by atoms with E-state index in [1.54, 1.807) is 7.11 Å². The van der Waals surface area contributed by atoms with Crippen LogP contribution in [0.15, 0.2) is 48.5 Å². The number of likely N-dealkylation sites (tertiary alicyclic amines) is 1. The zero-order chi connectivity index (χ0) is 22.9. The summed E-state index contributed by atoms with van der Waals surface area (Å²) < 4.78 is 5.19. The minimum atomic E-state index is -0.564. The van der Waals surface area contributed by atoms with Gasteiger partial charge in [-0.15, -0.1) is 0 Å². The van der Waals surface area contributed by atoms with Crippen molar-refractivity contribution < 1.29 is 19.2 Å². The fourth-order valence-electron chi connectivity index (χ4n) is 3.68. The number of ether oxygens (including phenoxy) is 1. The highest BCUT2D eigenvalue weighted by Gasteiger charge is 2.20. The molecule has 1 aliphatic heterocycles. The number of carbonyl (C=O) groups excluding carboxylic acids is 2. The molecular formula is C23H28N4O5. The van der Waals surface area contributed by atoms with Crippen LogP contribution < -0.4 is 15.4 Å². The van der Waals surface area contributed by atoms with E-state index in [-0.39, 0.29) is 23.7 Å². The SMILES string of the molecule is COc1ccc(CN2CCC(CNC(=O)CNC(=O)c3cccc([N+](=O)[O-])c3)CC2)cc1. The smallest absolute Gasteiger partial charge is 0.270 e. The van der Waals surface area contributed by atoms with E-state index >= 15 is 0 Å². The topological polar surface area (TPSA) is 114 Å². The molecule has 0 bridgehead atoms. The van der Waals surface area contributed by atoms with Gasteiger partial charge in [0.05, 0.1) is 18.6 Å². The van der Waals surface area contributed by atoms with Gasteiger partial charge in [-0.2, -0.15) is 0 Å². The third kappa shape index (κ3) is 6.78. The maximum absolute atomic E-state index is 12.1. The van der Waals surface area contributed by atoms with Gasteiger partial charge >= 0.3 is 0 Å². The lowest BCUT2D eigenvalue weighted by Crippen LogP contribution is -2.41. The number of non-ortho nitro benzene ring substituents is 1. The zero-order valence-electron chi connectivity index (χ0n) is 18.1. The van der Waals surface area contributed by atoms with E-state index in [1.807, 2.05) is 12.1 Å². The third-order valence-electron chi connectivity index (χ3n) is 5.59. The maximum Gasteiger partial charge on any atom is 0.270 e. The molecule has 32 heavy (non-hydrogen) atoms. The molecule has 1 fully saturated rings. The maximum atomic E-state index is 12.1. The second kappa shape index (κ2) is 11.2. The van der Waals surface area contributed by atoms with Crippen LogP contribution in [-0.4, -0.2) is 54.9 Å². The van der Waals surface area contributed by atoms with E-state index in [4.69, 9.17) is 4.74 Å². The van der Waals surface area contributed by atoms with Gasteiger partial charge in [0, 0.05) is 30.8 Å². The van der Waals surface area contributed by atoms with Crippen molar-refractivity contribution in [3.63, 3.8) is 0 Å². The Morgan fingerprint density at radius 1 is 1.12 bits per heavy atom. The molecule has 1 aliphatic rings. The lowest BCUT2D eigenvalue weighted by Gasteiger charge is -2.32. The van der Waals surface area contributed by atoms with Crippen molar-refractivity contribution in [1.82, 2.24) is 15.5 Å². The second-order valence-corrected chi connectivity index (χ2v) is 7.86. The number of methoxy groups -OCH3 is 1. The van der Waals surface area contributed by atoms with Crippen LogP contribution in [0.25, 0.3) is 0 Å². The summed E-state index contributed by atoms with van der Waals surface area (Å²) >= 11 is 0. The Balaban J connectivity index is 1.34. The number of nitrogens with one attached hydrogen (secondary N) is 2. The number of nitro groups is 1. The van der Waals surface area contributed by atoms with Crippen LogP contribution in [0, 0.1) is 16.0 Å². The average molecular weight is 441 g/mol. The normalized spacial score (nSPS) is 14.5. The Labute approximate surface area is 186 Å². The van der Waals surface area contributed by atoms with E-state index in [0.717, 1.165) is 38.2 Å². The molecule has 2 N–H and O–H groups in total. The summed E-state index contributed by atoms with van der Waals surface area (Å²) in [6.07, 6.45) is 1.99. The van der Waals surface area contributed by atoms with Gasteiger partial charge in [0.25, 0.3) is 11.6 Å². The Morgan fingerprint density at radius 3 is 2.50 bits per heavy atom. The predicted octanol–water partition coefficient (Wildman–Crippen LogP) is 2.36. The number of amides is 2. The molecule has 0 aromatic heterocycles. The predicted molar refractivity (Wildman–Crippen MR) is 119 cm³/mol. The van der Waals surface area contributed by atoms with Gasteiger partial charge in [-0.3, -0.25) is 24.6 Å². The molecule has 0 aliphatic carbocycles. The van der Waals surface area contributed by atoms with Gasteiger partial charge in [0.15, 0.2) is 0 Å². The molecule has 3 rings (SSSR count). The van der Waals surface area contributed by atoms with Crippen LogP contribution in [0.3, 0.4) is 0 Å². The molecule has 1 heterocycles. The van der Waals surface area contributed by atoms with E-state index < -0.39 is 10.8 Å². The van der Waals surface area contributed by atoms with Gasteiger partial charge in [-0.05, 0) is 55.6 Å². The number of rotatable bonds is 9. The lowest BCUT2D eigenvalue weighted by molar-refractivity contribution is -0.384. The Bertz CT molecular complexity index is 940. The van der Waals surface area contributed by atoms with Crippen molar-refractivity contribution in [2.45, 2.75) is 19.4 Å². The molecule has 0 saturated carbocycles. The van der Waals surface area contributed by atoms with Crippen molar-refractivity contribution in [2.24, 2.45) is 5.92 Å². The van der Waals surface area contributed by atoms with Crippen LogP contribution in [-0.2, 0) is 11.3 Å². The highest BCUT2D eigenvalue weighted by Crippen LogP contribution is 2.19. The monoisotopic (exact) mass is 440 g/mol. The number of hydrogen-bond donors (Lipinski definition) is 2. The van der Waals surface area contributed by atoms with Gasteiger partial charge in [0.2, 0.25) is 5.91 Å². The van der Waals surface area contributed by atoms with E-state index in [9.17, 15) is 19.7 Å². The minimum absolute atomic E-state index is 0.149. The van der Waals surface area contributed by atoms with Crippen molar-refractivity contribution in [3.05, 3.63) is 69.8 Å². The van der Waals surface area contributed by atoms with Gasteiger partial charge in [-0.25, -0.2) is 0 Å². The van der Waals surface area contributed by atoms with E-state index in [2.05, 4.69) is 27.7 Å². The van der Waals surface area contributed by atoms with Gasteiger partial charge in [0.1, 0.15) is 5.75 Å². The van der Waals surface area contributed by atoms with Gasteiger partial charge < -0.3 is 15.4 Å². The van der Waals surface area contributed by atoms with Crippen LogP contribution >= 0.6 is 0 Å². The molecule has 0 spiro atoms. The van der Waals surface area contributed by atoms with E-state index in [0.29, 0.717) is 12.5 Å². The van der Waals surface area contributed by atoms with Crippen LogP contribution in [0.4, 0.5) is 5.69 Å². The zero-order valence-corrected chi connectivity index (χ0v) is 18.1. The summed E-state index contributed by atoms with van der Waals surface area (Å²) in [7, 11) is 1.66. The van der Waals surface area contributed by atoms with Crippen molar-refractivity contribution in [1.29, 1.82) is 0 Å². The first-order valence-corrected chi connectivity index (χ1v) is 10.6. The summed E-state index contributed by atoms with van der Waals surface area (Å²) in [5.74, 6) is 0.461. The average Bonchev–Trinajstić information content (AvgIpc) is 2.82. The van der Waals surface area contributed by atoms with Crippen molar-refractivity contribution in [2.75, 3.05) is 33.3 Å². The fraction of sp³-hybridized carbons (Fsp3) is 0.391. The first kappa shape index (κ1) is 23.2. The van der Waals surface area contributed by atoms with Crippen LogP contribution in [0.5, 0.6) is 5.75 Å². The summed E-state index contributed by atoms with van der Waals surface area (Å²) in [5, 5.41) is 16.2. The number of nitro benzene ring substituents is 1. The molecule has 0 unspecified atom stereocenters. The van der Waals surface area contributed by atoms with Crippen molar-refractivity contribution in [3.8, 4) is 5.75 Å². The number of piperidine rings is 1. The molecular weight excluding hydrogens is 412 g/mol. The Hall–Kier alpha value is -3.46. The number of benzene rings is 2. The summed E-state index contributed by atoms with van der Waals surface area (Å²) in [6, 6.07) is 13.5. The first-order chi connectivity index (χ1) is 15.4. The molecule has 2 aromatic carbocycles. The molecule has 2 aromatic rings. The quantitative estimate of drug-likeness (QED) is 0.457. The van der Waals surface area contributed by atoms with Crippen LogP contribution in [0.2, 0.25) is 0 Å². The fourth-order valence-corrected chi connectivity index (χ4v) is 3.68. The standard InChI is InChI=1S/C23H28N4O5/c1-32-21-7-5-18(6-8-21)16-26-11-9-17(10-12-26)14-24-22(28)15-25-23(29)19-3-2-4-20(13-19)27(30)31/h2-8,13,17H,9-12,14-16H2,1H3,(H,24,28)(H,25,29). The first-order valence-electron chi connectivity index (χ1n) is 10.6. The largest absolute Gasteiger partial charge is 0.497 e. The second-order valence-electron chi connectivity index (χ2n) is 7.86. The van der Waals surface area contributed by atoms with Crippen molar-refractivity contribution >= 4 is 17.5 Å². The Morgan fingerprint density at radius 2 is 1.84 bits per heavy atom. The summed E-state index contributed by atoms with van der Waals surface area (Å²) in [4.78, 5) is 36.9. The number of carbonyl (C=O) groups is 2. The number of hydrogen-bond acceptors (Lipinski definition) is 6. The third-order valence-corrected chi connectivity index (χ3v) is 5.59. The molecule has 1 saturated heterocycles. The molecule has 2 amide bonds. The van der Waals surface area contributed by atoms with Gasteiger partial charge in [-0.1, -0.05) is 18.2 Å². The van der Waals surface area contributed by atoms with Crippen LogP contribution in [0.1, 0.15) is 28.8 Å². The molecule has 0 radical (unpaired) electrons. The number of nitrogens with zero attached hydrogens (tertiary/aromatic N) is 2. The Kier molecular flexibility index (Phi) is 8.15. The minimum Gasteiger partial charge on any atom is -0.497 e. The molecule has 9 nitrogen and oxygen atoms in total. The molecule has 0 atom stereocenters.